The summed E-state index contributed by atoms with van der Waals surface area (Å²) in [4.78, 5) is 51.3. The number of carbonyl (C=O) groups excluding carboxylic acids is 3. The van der Waals surface area contributed by atoms with Crippen molar-refractivity contribution in [1.29, 1.82) is 0 Å². The number of cyclic esters (lactones) is 1. The third kappa shape index (κ3) is 27.2. The zero-order valence-electron chi connectivity index (χ0n) is 41.6. The highest BCUT2D eigenvalue weighted by molar-refractivity contribution is 5.99. The zero-order chi connectivity index (χ0) is 53.6. The summed E-state index contributed by atoms with van der Waals surface area (Å²) >= 11 is 0. The van der Waals surface area contributed by atoms with E-state index in [0.29, 0.717) is 24.1 Å². The van der Waals surface area contributed by atoms with Gasteiger partial charge >= 0.3 is 11.9 Å². The molecule has 0 aromatic heterocycles. The summed E-state index contributed by atoms with van der Waals surface area (Å²) in [5.41, 5.74) is 6.62. The van der Waals surface area contributed by atoms with Crippen LogP contribution in [0.3, 0.4) is 0 Å². The lowest BCUT2D eigenvalue weighted by molar-refractivity contribution is -0.153. The Labute approximate surface area is 423 Å². The third-order valence-electron chi connectivity index (χ3n) is 12.3. The van der Waals surface area contributed by atoms with Gasteiger partial charge in [0, 0.05) is 36.4 Å². The van der Waals surface area contributed by atoms with E-state index < -0.39 is 122 Å². The van der Waals surface area contributed by atoms with Gasteiger partial charge in [0.25, 0.3) is 0 Å². The molecular formula is C55H81NO16. The van der Waals surface area contributed by atoms with Crippen molar-refractivity contribution in [2.75, 3.05) is 5.73 Å². The highest BCUT2D eigenvalue weighted by Gasteiger charge is 2.37. The summed E-state index contributed by atoms with van der Waals surface area (Å²) in [5.74, 6) is -6.97. The molecule has 0 saturated carbocycles. The first-order valence-electron chi connectivity index (χ1n) is 25.0. The summed E-state index contributed by atoms with van der Waals surface area (Å²) in [5, 5.41) is 118. The molecule has 1 aromatic rings. The van der Waals surface area contributed by atoms with E-state index in [-0.39, 0.29) is 63.6 Å². The first-order chi connectivity index (χ1) is 34.2. The molecule has 0 bridgehead atoms. The molecule has 0 fully saturated rings. The maximum absolute atomic E-state index is 13.1. The Hall–Kier alpha value is -4.92. The van der Waals surface area contributed by atoms with Crippen molar-refractivity contribution in [2.45, 2.75) is 177 Å². The molecular weight excluding hydrogens is 931 g/mol. The highest BCUT2D eigenvalue weighted by atomic mass is 16.5. The average molecular weight is 1010 g/mol. The number of aliphatic carboxylic acids is 1. The van der Waals surface area contributed by atoms with Gasteiger partial charge in [-0.3, -0.25) is 19.2 Å². The molecule has 14 unspecified atom stereocenters. The van der Waals surface area contributed by atoms with E-state index in [1.807, 2.05) is 6.92 Å². The smallest absolute Gasteiger partial charge is 0.316 e. The first-order valence-corrected chi connectivity index (χ1v) is 25.0. The second-order valence-corrected chi connectivity index (χ2v) is 19.0. The molecule has 1 heterocycles. The van der Waals surface area contributed by atoms with Crippen molar-refractivity contribution in [3.05, 3.63) is 115 Å². The molecule has 0 aliphatic carbocycles. The number of aliphatic hydroxyl groups is 10. The fourth-order valence-electron chi connectivity index (χ4n) is 8.42. The van der Waals surface area contributed by atoms with Crippen molar-refractivity contribution in [1.82, 2.24) is 0 Å². The van der Waals surface area contributed by atoms with Gasteiger partial charge in [0.05, 0.1) is 67.5 Å². The van der Waals surface area contributed by atoms with E-state index in [0.717, 1.165) is 6.42 Å². The topological polar surface area (TPSA) is 326 Å². The number of anilines is 1. The maximum atomic E-state index is 13.1. The standard InChI is InChI=1S/C55H81NO16/c1-3-4-20-49(65)38-25-40(57)27-42(59)29-44(61)30-45(62)31-46(63)33-51(67)53(55(70)71)54(69)36(2)18-16-14-12-10-8-6-5-7-9-11-13-15-17-19-48(35-50(66)37-21-23-39(56)24-22-37)72-52(68)34-47(64)32-43(60)28-41(58)26-38/h5-18,21-24,36,38,40-49,53-54,57-65,69H,3-4,19-20,25-35,56H2,1-2H3,(H,70,71). The number of esters is 1. The van der Waals surface area contributed by atoms with Crippen molar-refractivity contribution < 1.29 is 80.1 Å². The molecule has 17 nitrogen and oxygen atoms in total. The Bertz CT molecular complexity index is 1960. The molecule has 1 aliphatic rings. The van der Waals surface area contributed by atoms with Gasteiger partial charge in [-0.15, -0.1) is 0 Å². The molecule has 2 rings (SSSR count). The van der Waals surface area contributed by atoms with E-state index in [1.54, 1.807) is 103 Å². The number of ketones is 2. The number of carboxylic acids is 1. The number of allylic oxidation sites excluding steroid dienone is 12. The molecule has 14 atom stereocenters. The van der Waals surface area contributed by atoms with Crippen LogP contribution in [0, 0.1) is 17.8 Å². The van der Waals surface area contributed by atoms with Crippen molar-refractivity contribution in [2.24, 2.45) is 17.8 Å². The average Bonchev–Trinajstić information content (AvgIpc) is 3.28. The van der Waals surface area contributed by atoms with Crippen LogP contribution in [0.5, 0.6) is 0 Å². The molecule has 0 amide bonds. The minimum absolute atomic E-state index is 0.0654. The maximum Gasteiger partial charge on any atom is 0.316 e. The number of rotatable bonds is 8. The number of carbonyl (C=O) groups is 4. The van der Waals surface area contributed by atoms with Gasteiger partial charge in [-0.1, -0.05) is 112 Å². The Morgan fingerprint density at radius 3 is 1.53 bits per heavy atom. The van der Waals surface area contributed by atoms with Crippen molar-refractivity contribution >= 4 is 29.2 Å². The molecule has 72 heavy (non-hydrogen) atoms. The molecule has 402 valence electrons. The van der Waals surface area contributed by atoms with Gasteiger partial charge in [0.1, 0.15) is 12.0 Å². The SMILES string of the molecule is CCCCC(O)C1CC(O)CC(O)CC(O)CC(=O)OC(CC(=O)c2ccc(N)cc2)CC=CC=CC=CC=CC=CC=CC=CC(C)C(O)C(C(=O)O)C(=O)CC(O)CC(O)CC(O)CC(O)CC(O)C1. The molecule has 13 N–H and O–H groups in total. The number of nitrogen functional groups attached to an aromatic ring is 1. The Morgan fingerprint density at radius 1 is 0.625 bits per heavy atom. The fraction of sp³-hybridized carbons (Fsp3) is 0.564. The molecule has 0 saturated heterocycles. The molecule has 1 aromatic carbocycles. The summed E-state index contributed by atoms with van der Waals surface area (Å²) in [6, 6.07) is 6.31. The lowest BCUT2D eigenvalue weighted by Crippen LogP contribution is -2.40. The van der Waals surface area contributed by atoms with Gasteiger partial charge in [-0.2, -0.15) is 0 Å². The lowest BCUT2D eigenvalue weighted by atomic mass is 9.84. The first kappa shape index (κ1) is 63.2. The van der Waals surface area contributed by atoms with Crippen LogP contribution in [-0.4, -0.2) is 147 Å². The summed E-state index contributed by atoms with van der Waals surface area (Å²) < 4.78 is 5.65. The van der Waals surface area contributed by atoms with E-state index in [2.05, 4.69) is 0 Å². The van der Waals surface area contributed by atoms with Crippen LogP contribution in [0.4, 0.5) is 5.69 Å². The summed E-state index contributed by atoms with van der Waals surface area (Å²) in [6.45, 7) is 3.46. The van der Waals surface area contributed by atoms with Gasteiger partial charge < -0.3 is 66.6 Å². The third-order valence-corrected chi connectivity index (χ3v) is 12.3. The van der Waals surface area contributed by atoms with E-state index in [9.17, 15) is 75.3 Å². The number of aliphatic hydroxyl groups excluding tert-OH is 10. The predicted octanol–water partition coefficient (Wildman–Crippen LogP) is 4.27. The molecule has 0 radical (unpaired) electrons. The van der Waals surface area contributed by atoms with Crippen LogP contribution in [-0.2, 0) is 19.1 Å². The minimum atomic E-state index is -1.87. The molecule has 0 spiro atoms. The van der Waals surface area contributed by atoms with Crippen LogP contribution in [0.1, 0.15) is 121 Å². The Kier molecular flexibility index (Phi) is 31.0. The van der Waals surface area contributed by atoms with Crippen molar-refractivity contribution in [3.63, 3.8) is 0 Å². The quantitative estimate of drug-likeness (QED) is 0.0749. The number of unbranched alkanes of at least 4 members (excludes halogenated alkanes) is 1. The van der Waals surface area contributed by atoms with Crippen LogP contribution >= 0.6 is 0 Å². The van der Waals surface area contributed by atoms with Gasteiger partial charge in [-0.05, 0) is 88.0 Å². The summed E-state index contributed by atoms with van der Waals surface area (Å²) in [6.07, 6.45) is 8.49. The number of benzene rings is 1. The van der Waals surface area contributed by atoms with Gasteiger partial charge in [0.2, 0.25) is 0 Å². The van der Waals surface area contributed by atoms with Gasteiger partial charge in [-0.25, -0.2) is 0 Å². The number of nitrogens with two attached hydrogens (primary N) is 1. The molecule has 1 aliphatic heterocycles. The second-order valence-electron chi connectivity index (χ2n) is 19.0. The van der Waals surface area contributed by atoms with Crippen LogP contribution < -0.4 is 5.73 Å². The predicted molar refractivity (Wildman–Crippen MR) is 273 cm³/mol. The van der Waals surface area contributed by atoms with E-state index in [1.165, 1.54) is 13.0 Å². The Morgan fingerprint density at radius 2 is 1.06 bits per heavy atom. The minimum Gasteiger partial charge on any atom is -0.481 e. The lowest BCUT2D eigenvalue weighted by Gasteiger charge is -2.29. The number of carboxylic acid groups (broad SMARTS) is 1. The largest absolute Gasteiger partial charge is 0.481 e. The number of Topliss-reactive ketones (excluding diaryl/α,β-unsaturated/α-hetero) is 2. The summed E-state index contributed by atoms with van der Waals surface area (Å²) in [7, 11) is 0. The fourth-order valence-corrected chi connectivity index (χ4v) is 8.42. The second kappa shape index (κ2) is 35.3. The number of hydrogen-bond donors (Lipinski definition) is 12. The van der Waals surface area contributed by atoms with Crippen LogP contribution in [0.2, 0.25) is 0 Å². The number of hydrogen-bond acceptors (Lipinski definition) is 16. The monoisotopic (exact) mass is 1010 g/mol. The van der Waals surface area contributed by atoms with Gasteiger partial charge in [0.15, 0.2) is 11.6 Å². The van der Waals surface area contributed by atoms with Crippen LogP contribution in [0.25, 0.3) is 0 Å². The molecule has 17 heteroatoms. The highest BCUT2D eigenvalue weighted by Crippen LogP contribution is 2.27. The van der Waals surface area contributed by atoms with Crippen LogP contribution in [0.15, 0.2) is 109 Å². The van der Waals surface area contributed by atoms with E-state index in [4.69, 9.17) is 10.5 Å². The normalized spacial score (nSPS) is 31.0. The Balaban J connectivity index is 2.29. The van der Waals surface area contributed by atoms with Crippen molar-refractivity contribution in [3.8, 4) is 0 Å². The number of ether oxygens (including phenoxy) is 1. The van der Waals surface area contributed by atoms with E-state index >= 15 is 0 Å². The zero-order valence-corrected chi connectivity index (χ0v) is 41.6.